The van der Waals surface area contributed by atoms with Crippen LogP contribution in [0.5, 0.6) is 0 Å². The molecule has 0 saturated carbocycles. The van der Waals surface area contributed by atoms with Crippen molar-refractivity contribution in [3.05, 3.63) is 58.0 Å². The number of carbonyl (C=O) groups excluding carboxylic acids is 2. The molecule has 5 rings (SSSR count). The third-order valence-corrected chi connectivity index (χ3v) is 9.71. The summed E-state index contributed by atoms with van der Waals surface area (Å²) in [6.07, 6.45) is -5.16. The standard InChI is InChI=1S/C30H33ClF4N6O7S/c1-29(2,3)48-28(43)37-22-15-49(45,46)24-12-21(32)20(11-23(24)40(26(22)42)13-17-6-8-18(31)9-7-17)25-38-39-27(47-25)36-19-5-4-10-41(44,14-19)16-30(33,34)35/h6-9,11-12,19,22H,4-5,10,13-16H2,1-3H3,(H,36,39)(H,37,43)/t19?,22-,41?/m0/s1. The molecule has 3 heterocycles. The number of anilines is 2. The van der Waals surface area contributed by atoms with E-state index in [0.717, 1.165) is 11.0 Å². The van der Waals surface area contributed by atoms with Crippen molar-refractivity contribution in [2.75, 3.05) is 35.6 Å². The minimum atomic E-state index is -4.66. The van der Waals surface area contributed by atoms with E-state index in [1.54, 1.807) is 45.0 Å². The van der Waals surface area contributed by atoms with Gasteiger partial charge < -0.3 is 34.5 Å². The van der Waals surface area contributed by atoms with Gasteiger partial charge in [-0.3, -0.25) is 4.79 Å². The Morgan fingerprint density at radius 1 is 1.18 bits per heavy atom. The topological polar surface area (TPSA) is 167 Å². The monoisotopic (exact) mass is 732 g/mol. The van der Waals surface area contributed by atoms with Crippen molar-refractivity contribution in [3.8, 4) is 11.5 Å². The third-order valence-electron chi connectivity index (χ3n) is 7.69. The fourth-order valence-corrected chi connectivity index (χ4v) is 7.45. The van der Waals surface area contributed by atoms with E-state index in [-0.39, 0.29) is 31.2 Å². The Bertz CT molecular complexity index is 1840. The van der Waals surface area contributed by atoms with Crippen molar-refractivity contribution in [3.63, 3.8) is 0 Å². The van der Waals surface area contributed by atoms with Crippen LogP contribution in [0.2, 0.25) is 5.02 Å². The van der Waals surface area contributed by atoms with Gasteiger partial charge in [-0.1, -0.05) is 28.8 Å². The van der Waals surface area contributed by atoms with Crippen molar-refractivity contribution >= 4 is 45.1 Å². The first-order chi connectivity index (χ1) is 22.7. The highest BCUT2D eigenvalue weighted by atomic mass is 35.5. The molecule has 2 amide bonds. The van der Waals surface area contributed by atoms with Crippen molar-refractivity contribution in [2.24, 2.45) is 0 Å². The van der Waals surface area contributed by atoms with Gasteiger partial charge in [0.1, 0.15) is 17.5 Å². The van der Waals surface area contributed by atoms with Gasteiger partial charge in [-0.2, -0.15) is 13.2 Å². The summed E-state index contributed by atoms with van der Waals surface area (Å²) < 4.78 is 91.2. The van der Waals surface area contributed by atoms with Crippen LogP contribution in [0.1, 0.15) is 39.2 Å². The number of fused-ring (bicyclic) bond motifs is 1. The van der Waals surface area contributed by atoms with Gasteiger partial charge in [-0.15, -0.1) is 5.10 Å². The Hall–Kier alpha value is -4.00. The van der Waals surface area contributed by atoms with E-state index in [4.69, 9.17) is 20.8 Å². The molecule has 0 spiro atoms. The van der Waals surface area contributed by atoms with Crippen LogP contribution in [0, 0.1) is 11.0 Å². The minimum absolute atomic E-state index is 0.202. The Balaban J connectivity index is 1.49. The van der Waals surface area contributed by atoms with Crippen molar-refractivity contribution in [2.45, 2.75) is 68.9 Å². The number of carbonyl (C=O) groups is 2. The van der Waals surface area contributed by atoms with E-state index < -0.39 is 91.4 Å². The highest BCUT2D eigenvalue weighted by molar-refractivity contribution is 7.91. The quantitative estimate of drug-likeness (QED) is 0.187. The molecule has 2 unspecified atom stereocenters. The first-order valence-corrected chi connectivity index (χ1v) is 17.1. The Kier molecular flexibility index (Phi) is 9.90. The van der Waals surface area contributed by atoms with Crippen molar-refractivity contribution in [1.29, 1.82) is 0 Å². The van der Waals surface area contributed by atoms with Crippen LogP contribution in [0.25, 0.3) is 11.5 Å². The smallest absolute Gasteiger partial charge is 0.438 e. The molecule has 1 aromatic heterocycles. The molecular formula is C30H33ClF4N6O7S. The average molecular weight is 733 g/mol. The first kappa shape index (κ1) is 36.3. The molecule has 3 atom stereocenters. The number of piperidine rings is 1. The maximum absolute atomic E-state index is 15.7. The summed E-state index contributed by atoms with van der Waals surface area (Å²) in [7, 11) is -4.43. The fraction of sp³-hybridized carbons (Fsp3) is 0.467. The van der Waals surface area contributed by atoms with Crippen LogP contribution in [-0.4, -0.2) is 84.5 Å². The van der Waals surface area contributed by atoms with Gasteiger partial charge in [-0.05, 0) is 63.4 Å². The number of rotatable bonds is 7. The zero-order chi connectivity index (χ0) is 35.9. The zero-order valence-corrected chi connectivity index (χ0v) is 28.1. The van der Waals surface area contributed by atoms with Gasteiger partial charge >= 0.3 is 18.3 Å². The molecule has 49 heavy (non-hydrogen) atoms. The second-order valence-corrected chi connectivity index (χ2v) is 15.4. The summed E-state index contributed by atoms with van der Waals surface area (Å²) in [6.45, 7) is 2.34. The maximum Gasteiger partial charge on any atom is 0.438 e. The molecule has 2 N–H and O–H groups in total. The lowest BCUT2D eigenvalue weighted by atomic mass is 10.1. The van der Waals surface area contributed by atoms with E-state index in [2.05, 4.69) is 20.8 Å². The highest BCUT2D eigenvalue weighted by Gasteiger charge is 2.42. The van der Waals surface area contributed by atoms with E-state index in [1.807, 2.05) is 0 Å². The molecule has 19 heteroatoms. The van der Waals surface area contributed by atoms with E-state index in [0.29, 0.717) is 23.1 Å². The summed E-state index contributed by atoms with van der Waals surface area (Å²) in [5.41, 5.74) is -1.09. The Morgan fingerprint density at radius 2 is 1.88 bits per heavy atom. The van der Waals surface area contributed by atoms with E-state index >= 15 is 4.39 Å². The predicted molar refractivity (Wildman–Crippen MR) is 168 cm³/mol. The number of hydrogen-bond donors (Lipinski definition) is 2. The van der Waals surface area contributed by atoms with Crippen LogP contribution in [0.15, 0.2) is 45.7 Å². The second kappa shape index (κ2) is 13.4. The first-order valence-electron chi connectivity index (χ1n) is 15.1. The number of hydrogen-bond acceptors (Lipinski definition) is 10. The summed E-state index contributed by atoms with van der Waals surface area (Å²) in [5.74, 6) is -3.30. The molecule has 0 bridgehead atoms. The number of alkyl carbamates (subject to hydrolysis) is 1. The molecule has 1 fully saturated rings. The van der Waals surface area contributed by atoms with Gasteiger partial charge in [0, 0.05) is 5.02 Å². The number of ether oxygens (including phenoxy) is 1. The van der Waals surface area contributed by atoms with Crippen LogP contribution in [0.3, 0.4) is 0 Å². The lowest BCUT2D eigenvalue weighted by Gasteiger charge is -2.47. The van der Waals surface area contributed by atoms with Gasteiger partial charge in [0.2, 0.25) is 0 Å². The summed E-state index contributed by atoms with van der Waals surface area (Å²) in [5, 5.41) is 25.8. The normalized spacial score (nSPS) is 22.6. The fourth-order valence-electron chi connectivity index (χ4n) is 5.71. The lowest BCUT2D eigenvalue weighted by Crippen LogP contribution is -2.56. The number of sulfone groups is 1. The van der Waals surface area contributed by atoms with E-state index in [1.165, 1.54) is 0 Å². The van der Waals surface area contributed by atoms with Crippen LogP contribution in [0.4, 0.5) is 34.1 Å². The summed E-state index contributed by atoms with van der Waals surface area (Å²) in [4.78, 5) is 27.1. The minimum Gasteiger partial charge on any atom is -0.633 e. The predicted octanol–water partition coefficient (Wildman–Crippen LogP) is 5.19. The molecule has 0 aliphatic carbocycles. The van der Waals surface area contributed by atoms with E-state index in [9.17, 15) is 36.4 Å². The van der Waals surface area contributed by atoms with Crippen molar-refractivity contribution in [1.82, 2.24) is 15.5 Å². The molecule has 266 valence electrons. The number of nitrogens with one attached hydrogen (secondary N) is 2. The summed E-state index contributed by atoms with van der Waals surface area (Å²) >= 11 is 6.02. The van der Waals surface area contributed by atoms with Crippen LogP contribution in [-0.2, 0) is 25.9 Å². The zero-order valence-electron chi connectivity index (χ0n) is 26.5. The molecule has 2 aliphatic heterocycles. The molecular weight excluding hydrogens is 700 g/mol. The number of aromatic nitrogens is 2. The molecule has 13 nitrogen and oxygen atoms in total. The van der Waals surface area contributed by atoms with Crippen LogP contribution < -0.4 is 15.5 Å². The number of benzene rings is 2. The molecule has 0 radical (unpaired) electrons. The number of nitrogens with zero attached hydrogens (tertiary/aromatic N) is 4. The maximum atomic E-state index is 15.7. The number of amides is 2. The number of likely N-dealkylation sites (tertiary alicyclic amines) is 1. The van der Waals surface area contributed by atoms with Gasteiger partial charge in [0.15, 0.2) is 16.4 Å². The van der Waals surface area contributed by atoms with Gasteiger partial charge in [0.25, 0.3) is 11.8 Å². The van der Waals surface area contributed by atoms with Gasteiger partial charge in [0.05, 0.1) is 47.6 Å². The molecule has 3 aromatic rings. The summed E-state index contributed by atoms with van der Waals surface area (Å²) in [6, 6.07) is 5.38. The number of hydroxylamine groups is 3. The Labute approximate surface area is 283 Å². The lowest BCUT2D eigenvalue weighted by molar-refractivity contribution is -0.895. The van der Waals surface area contributed by atoms with Crippen LogP contribution >= 0.6 is 11.6 Å². The number of alkyl halides is 3. The average Bonchev–Trinajstić information content (AvgIpc) is 3.39. The number of halogens is 5. The highest BCUT2D eigenvalue weighted by Crippen LogP contribution is 2.38. The molecule has 2 aromatic carbocycles. The van der Waals surface area contributed by atoms with Gasteiger partial charge in [-0.25, -0.2) is 17.6 Å². The number of quaternary nitrogens is 1. The Morgan fingerprint density at radius 3 is 2.53 bits per heavy atom. The molecule has 2 aliphatic rings. The third kappa shape index (κ3) is 8.97. The van der Waals surface area contributed by atoms with Crippen molar-refractivity contribution < 1.29 is 49.4 Å². The molecule has 1 saturated heterocycles. The largest absolute Gasteiger partial charge is 0.633 e. The second-order valence-electron chi connectivity index (χ2n) is 13.0. The SMILES string of the molecule is CC(C)(C)OC(=O)N[C@H]1CS(=O)(=O)c2cc(F)c(-c3nnc(NC4CCC[N+]([O-])(CC(F)(F)F)C4)o3)cc2N(Cc2ccc(Cl)cc2)C1=O.